The van der Waals surface area contributed by atoms with Crippen molar-refractivity contribution in [2.45, 2.75) is 20.8 Å². The Bertz CT molecular complexity index is 471. The molecule has 0 atom stereocenters. The summed E-state index contributed by atoms with van der Waals surface area (Å²) in [6.07, 6.45) is 0. The molecule has 1 rings (SSSR count). The van der Waals surface area contributed by atoms with Gasteiger partial charge in [0, 0.05) is 6.07 Å². The van der Waals surface area contributed by atoms with E-state index in [4.69, 9.17) is 4.74 Å². The van der Waals surface area contributed by atoms with E-state index in [0.29, 0.717) is 0 Å². The maximum atomic E-state index is 11.8. The van der Waals surface area contributed by atoms with Crippen molar-refractivity contribution in [2.75, 3.05) is 7.11 Å². The van der Waals surface area contributed by atoms with Crippen molar-refractivity contribution in [3.63, 3.8) is 0 Å². The number of hydrogen-bond donors (Lipinski definition) is 1. The number of methoxy groups -OCH3 is 1. The van der Waals surface area contributed by atoms with Crippen LogP contribution in [0.3, 0.4) is 0 Å². The van der Waals surface area contributed by atoms with Crippen LogP contribution in [0.2, 0.25) is 0 Å². The zero-order chi connectivity index (χ0) is 13.9. The lowest BCUT2D eigenvalue weighted by molar-refractivity contribution is -0.143. The average Bonchev–Trinajstić information content (AvgIpc) is 2.27. The molecule has 5 nitrogen and oxygen atoms in total. The molecule has 18 heavy (non-hydrogen) atoms. The SMILES string of the molecule is COC(=O)c1ccc(O)cc1OC(=O)C(C)(C)C. The van der Waals surface area contributed by atoms with Gasteiger partial charge in [-0.2, -0.15) is 0 Å². The van der Waals surface area contributed by atoms with Crippen molar-refractivity contribution >= 4 is 11.9 Å². The molecule has 0 aliphatic heterocycles. The van der Waals surface area contributed by atoms with E-state index < -0.39 is 17.4 Å². The first-order valence-corrected chi connectivity index (χ1v) is 5.39. The Hall–Kier alpha value is -2.04. The lowest BCUT2D eigenvalue weighted by Crippen LogP contribution is -2.26. The number of benzene rings is 1. The molecular weight excluding hydrogens is 236 g/mol. The minimum Gasteiger partial charge on any atom is -0.508 e. The molecule has 0 aliphatic carbocycles. The topological polar surface area (TPSA) is 72.8 Å². The van der Waals surface area contributed by atoms with Gasteiger partial charge in [0.05, 0.1) is 12.5 Å². The van der Waals surface area contributed by atoms with Gasteiger partial charge in [-0.1, -0.05) is 0 Å². The molecule has 0 fully saturated rings. The summed E-state index contributed by atoms with van der Waals surface area (Å²) in [7, 11) is 1.23. The predicted molar refractivity (Wildman–Crippen MR) is 64.5 cm³/mol. The van der Waals surface area contributed by atoms with Gasteiger partial charge in [-0.05, 0) is 32.9 Å². The summed E-state index contributed by atoms with van der Waals surface area (Å²) >= 11 is 0. The van der Waals surface area contributed by atoms with Crippen molar-refractivity contribution in [3.8, 4) is 11.5 Å². The highest BCUT2D eigenvalue weighted by Gasteiger charge is 2.26. The van der Waals surface area contributed by atoms with E-state index in [1.807, 2.05) is 0 Å². The number of ether oxygens (including phenoxy) is 2. The monoisotopic (exact) mass is 252 g/mol. The van der Waals surface area contributed by atoms with E-state index in [1.54, 1.807) is 20.8 Å². The van der Waals surface area contributed by atoms with E-state index in [1.165, 1.54) is 25.3 Å². The highest BCUT2D eigenvalue weighted by atomic mass is 16.5. The van der Waals surface area contributed by atoms with Gasteiger partial charge >= 0.3 is 11.9 Å². The number of phenolic OH excluding ortho intramolecular Hbond substituents is 1. The third-order valence-corrected chi connectivity index (χ3v) is 2.19. The van der Waals surface area contributed by atoms with Gasteiger partial charge in [0.25, 0.3) is 0 Å². The van der Waals surface area contributed by atoms with Gasteiger partial charge in [0.1, 0.15) is 17.1 Å². The van der Waals surface area contributed by atoms with Gasteiger partial charge in [0.15, 0.2) is 0 Å². The first-order chi connectivity index (χ1) is 8.25. The minimum absolute atomic E-state index is 0.0122. The molecule has 0 heterocycles. The lowest BCUT2D eigenvalue weighted by Gasteiger charge is -2.17. The smallest absolute Gasteiger partial charge is 0.341 e. The molecule has 0 unspecified atom stereocenters. The van der Waals surface area contributed by atoms with Crippen molar-refractivity contribution in [1.29, 1.82) is 0 Å². The van der Waals surface area contributed by atoms with E-state index in [-0.39, 0.29) is 17.1 Å². The summed E-state index contributed by atoms with van der Waals surface area (Å²) < 4.78 is 9.69. The molecule has 0 amide bonds. The fourth-order valence-corrected chi connectivity index (χ4v) is 1.13. The van der Waals surface area contributed by atoms with E-state index in [0.717, 1.165) is 0 Å². The van der Waals surface area contributed by atoms with Crippen molar-refractivity contribution < 1.29 is 24.2 Å². The molecule has 0 spiro atoms. The quantitative estimate of drug-likeness (QED) is 0.644. The van der Waals surface area contributed by atoms with Crippen LogP contribution >= 0.6 is 0 Å². The first kappa shape index (κ1) is 14.0. The highest BCUT2D eigenvalue weighted by molar-refractivity contribution is 5.94. The molecule has 0 saturated heterocycles. The Morgan fingerprint density at radius 1 is 1.22 bits per heavy atom. The second kappa shape index (κ2) is 5.08. The largest absolute Gasteiger partial charge is 0.508 e. The third kappa shape index (κ3) is 3.23. The summed E-state index contributed by atoms with van der Waals surface area (Å²) in [5.41, 5.74) is -0.619. The molecule has 0 radical (unpaired) electrons. The van der Waals surface area contributed by atoms with Gasteiger partial charge in [-0.25, -0.2) is 4.79 Å². The number of carbonyl (C=O) groups excluding carboxylic acids is 2. The Balaban J connectivity index is 3.11. The molecule has 0 bridgehead atoms. The summed E-state index contributed by atoms with van der Waals surface area (Å²) in [6, 6.07) is 3.86. The summed E-state index contributed by atoms with van der Waals surface area (Å²) in [4.78, 5) is 23.2. The average molecular weight is 252 g/mol. The standard InChI is InChI=1S/C13H16O5/c1-13(2,3)12(16)18-10-7-8(14)5-6-9(10)11(15)17-4/h5-7,14H,1-4H3. The predicted octanol–water partition coefficient (Wildman–Crippen LogP) is 2.13. The Kier molecular flexibility index (Phi) is 3.96. The third-order valence-electron chi connectivity index (χ3n) is 2.19. The minimum atomic E-state index is -0.709. The summed E-state index contributed by atoms with van der Waals surface area (Å²) in [5.74, 6) is -1.24. The second-order valence-corrected chi connectivity index (χ2v) is 4.81. The maximum Gasteiger partial charge on any atom is 0.341 e. The van der Waals surface area contributed by atoms with E-state index in [2.05, 4.69) is 4.74 Å². The van der Waals surface area contributed by atoms with Crippen LogP contribution in [0.15, 0.2) is 18.2 Å². The molecule has 0 aromatic heterocycles. The number of phenols is 1. The lowest BCUT2D eigenvalue weighted by atomic mass is 9.97. The number of esters is 2. The number of aromatic hydroxyl groups is 1. The molecule has 5 heteroatoms. The number of carbonyl (C=O) groups is 2. The molecule has 1 aromatic carbocycles. The maximum absolute atomic E-state index is 11.8. The van der Waals surface area contributed by atoms with Crippen LogP contribution in [-0.4, -0.2) is 24.2 Å². The van der Waals surface area contributed by atoms with Crippen LogP contribution in [0.25, 0.3) is 0 Å². The molecule has 98 valence electrons. The Morgan fingerprint density at radius 3 is 2.33 bits per heavy atom. The van der Waals surface area contributed by atoms with Crippen LogP contribution in [0.4, 0.5) is 0 Å². The summed E-state index contributed by atoms with van der Waals surface area (Å²) in [6.45, 7) is 5.07. The molecular formula is C13H16O5. The Labute approximate surface area is 105 Å². The van der Waals surface area contributed by atoms with Gasteiger partial charge in [-0.15, -0.1) is 0 Å². The van der Waals surface area contributed by atoms with Crippen molar-refractivity contribution in [1.82, 2.24) is 0 Å². The van der Waals surface area contributed by atoms with Crippen LogP contribution in [0.5, 0.6) is 11.5 Å². The zero-order valence-electron chi connectivity index (χ0n) is 10.8. The van der Waals surface area contributed by atoms with Crippen molar-refractivity contribution in [2.24, 2.45) is 5.41 Å². The first-order valence-electron chi connectivity index (χ1n) is 5.39. The molecule has 1 N–H and O–H groups in total. The van der Waals surface area contributed by atoms with Crippen LogP contribution < -0.4 is 4.74 Å². The van der Waals surface area contributed by atoms with Crippen molar-refractivity contribution in [3.05, 3.63) is 23.8 Å². The second-order valence-electron chi connectivity index (χ2n) is 4.81. The zero-order valence-corrected chi connectivity index (χ0v) is 10.8. The van der Waals surface area contributed by atoms with Gasteiger partial charge in [-0.3, -0.25) is 4.79 Å². The molecule has 0 aliphatic rings. The van der Waals surface area contributed by atoms with Crippen LogP contribution in [0, 0.1) is 5.41 Å². The normalized spacial score (nSPS) is 10.9. The van der Waals surface area contributed by atoms with Gasteiger partial charge in [0.2, 0.25) is 0 Å². The van der Waals surface area contributed by atoms with E-state index in [9.17, 15) is 14.7 Å². The fraction of sp³-hybridized carbons (Fsp3) is 0.385. The number of rotatable bonds is 2. The van der Waals surface area contributed by atoms with E-state index >= 15 is 0 Å². The van der Waals surface area contributed by atoms with Crippen LogP contribution in [-0.2, 0) is 9.53 Å². The fourth-order valence-electron chi connectivity index (χ4n) is 1.13. The number of hydrogen-bond acceptors (Lipinski definition) is 5. The van der Waals surface area contributed by atoms with Gasteiger partial charge < -0.3 is 14.6 Å². The summed E-state index contributed by atoms with van der Waals surface area (Å²) in [5, 5.41) is 9.36. The van der Waals surface area contributed by atoms with Crippen LogP contribution in [0.1, 0.15) is 31.1 Å². The highest BCUT2D eigenvalue weighted by Crippen LogP contribution is 2.27. The Morgan fingerprint density at radius 2 is 1.83 bits per heavy atom. The molecule has 1 aromatic rings. The molecule has 0 saturated carbocycles.